The second-order valence-corrected chi connectivity index (χ2v) is 8.98. The summed E-state index contributed by atoms with van der Waals surface area (Å²) in [5, 5.41) is 13.5. The minimum atomic E-state index is -0.135. The predicted molar refractivity (Wildman–Crippen MR) is 92.4 cm³/mol. The molecule has 22 heavy (non-hydrogen) atoms. The minimum Gasteiger partial charge on any atom is -0.267 e. The van der Waals surface area contributed by atoms with E-state index in [2.05, 4.69) is 27.2 Å². The van der Waals surface area contributed by atoms with Crippen molar-refractivity contribution in [2.24, 2.45) is 0 Å². The number of hydrogen-bond acceptors (Lipinski definition) is 9. The summed E-state index contributed by atoms with van der Waals surface area (Å²) in [6.45, 7) is 3.96. The van der Waals surface area contributed by atoms with Gasteiger partial charge in [-0.1, -0.05) is 53.1 Å². The van der Waals surface area contributed by atoms with Gasteiger partial charge in [0.25, 0.3) is 5.56 Å². The second-order valence-electron chi connectivity index (χ2n) is 4.40. The Kier molecular flexibility index (Phi) is 5.11. The quantitative estimate of drug-likeness (QED) is 0.616. The number of fused-ring (bicyclic) bond motifs is 1. The van der Waals surface area contributed by atoms with Crippen molar-refractivity contribution in [2.75, 3.05) is 5.75 Å². The van der Waals surface area contributed by atoms with Crippen molar-refractivity contribution in [1.82, 2.24) is 24.8 Å². The molecule has 0 aliphatic rings. The van der Waals surface area contributed by atoms with Gasteiger partial charge in [-0.2, -0.15) is 9.61 Å². The van der Waals surface area contributed by atoms with E-state index < -0.39 is 0 Å². The summed E-state index contributed by atoms with van der Waals surface area (Å²) in [6, 6.07) is 1.49. The van der Waals surface area contributed by atoms with Crippen LogP contribution in [0, 0.1) is 6.92 Å². The molecule has 3 rings (SSSR count). The van der Waals surface area contributed by atoms with Crippen LogP contribution in [-0.2, 0) is 5.75 Å². The Morgan fingerprint density at radius 1 is 1.23 bits per heavy atom. The second kappa shape index (κ2) is 7.07. The molecule has 6 nitrogen and oxygen atoms in total. The first-order valence-corrected chi connectivity index (χ1v) is 10.2. The van der Waals surface area contributed by atoms with E-state index in [1.807, 2.05) is 6.92 Å². The molecule has 0 fully saturated rings. The van der Waals surface area contributed by atoms with Gasteiger partial charge in [0.1, 0.15) is 5.01 Å². The van der Waals surface area contributed by atoms with E-state index in [1.165, 1.54) is 21.9 Å². The molecule has 116 valence electrons. The average Bonchev–Trinajstić information content (AvgIpc) is 3.09. The highest BCUT2D eigenvalue weighted by atomic mass is 32.2. The van der Waals surface area contributed by atoms with Crippen molar-refractivity contribution >= 4 is 51.2 Å². The maximum atomic E-state index is 11.8. The summed E-state index contributed by atoms with van der Waals surface area (Å²) in [4.78, 5) is 16.8. The molecule has 0 saturated carbocycles. The highest BCUT2D eigenvalue weighted by molar-refractivity contribution is 8.02. The Morgan fingerprint density at radius 3 is 2.77 bits per heavy atom. The zero-order valence-corrected chi connectivity index (χ0v) is 15.2. The lowest BCUT2D eigenvalue weighted by molar-refractivity contribution is 0.870. The fourth-order valence-electron chi connectivity index (χ4n) is 1.65. The van der Waals surface area contributed by atoms with Gasteiger partial charge >= 0.3 is 0 Å². The molecule has 0 unspecified atom stereocenters. The van der Waals surface area contributed by atoms with Gasteiger partial charge in [-0.3, -0.25) is 4.79 Å². The number of rotatable bonds is 6. The number of nitrogens with zero attached hydrogens (tertiary/aromatic N) is 5. The van der Waals surface area contributed by atoms with E-state index in [9.17, 15) is 4.79 Å². The Balaban J connectivity index is 1.70. The lowest BCUT2D eigenvalue weighted by atomic mass is 10.5. The number of hydrogen-bond donors (Lipinski definition) is 0. The molecule has 0 radical (unpaired) electrons. The number of aryl methyl sites for hydroxylation is 1. The van der Waals surface area contributed by atoms with Gasteiger partial charge in [0.15, 0.2) is 8.68 Å². The van der Waals surface area contributed by atoms with Gasteiger partial charge < -0.3 is 0 Å². The molecular formula is C12H13N5OS4. The zero-order valence-electron chi connectivity index (χ0n) is 12.0. The standard InChI is InChI=1S/C12H13N5OS4/c1-3-4-19-11-14-15-12(22-11)20-6-8-16-17-9(18)5-7(2)13-10(17)21-8/h5H,3-4,6H2,1-2H3. The summed E-state index contributed by atoms with van der Waals surface area (Å²) in [7, 11) is 0. The molecule has 0 aliphatic carbocycles. The van der Waals surface area contributed by atoms with Crippen molar-refractivity contribution in [1.29, 1.82) is 0 Å². The van der Waals surface area contributed by atoms with E-state index >= 15 is 0 Å². The van der Waals surface area contributed by atoms with E-state index in [1.54, 1.807) is 34.9 Å². The first-order chi connectivity index (χ1) is 10.7. The summed E-state index contributed by atoms with van der Waals surface area (Å²) >= 11 is 6.36. The Morgan fingerprint density at radius 2 is 2.00 bits per heavy atom. The lowest BCUT2D eigenvalue weighted by Crippen LogP contribution is -2.14. The van der Waals surface area contributed by atoms with Crippen LogP contribution in [0.5, 0.6) is 0 Å². The molecule has 3 aromatic heterocycles. The Bertz CT molecular complexity index is 840. The topological polar surface area (TPSA) is 73.0 Å². The summed E-state index contributed by atoms with van der Waals surface area (Å²) < 4.78 is 3.28. The third-order valence-corrected chi connectivity index (χ3v) is 7.05. The van der Waals surface area contributed by atoms with E-state index in [0.29, 0.717) is 10.7 Å². The van der Waals surface area contributed by atoms with Crippen molar-refractivity contribution in [3.63, 3.8) is 0 Å². The molecule has 3 aromatic rings. The van der Waals surface area contributed by atoms with Crippen LogP contribution in [0.25, 0.3) is 4.96 Å². The van der Waals surface area contributed by atoms with Gasteiger partial charge in [-0.15, -0.1) is 10.2 Å². The molecule has 0 aromatic carbocycles. The normalized spacial score (nSPS) is 11.4. The molecular weight excluding hydrogens is 358 g/mol. The number of thioether (sulfide) groups is 2. The molecule has 0 bridgehead atoms. The van der Waals surface area contributed by atoms with Crippen LogP contribution >= 0.6 is 46.2 Å². The van der Waals surface area contributed by atoms with Crippen LogP contribution in [0.15, 0.2) is 19.5 Å². The van der Waals surface area contributed by atoms with Crippen molar-refractivity contribution in [3.05, 3.63) is 27.1 Å². The van der Waals surface area contributed by atoms with Crippen LogP contribution in [0.1, 0.15) is 24.0 Å². The lowest BCUT2D eigenvalue weighted by Gasteiger charge is -1.91. The summed E-state index contributed by atoms with van der Waals surface area (Å²) in [5.41, 5.74) is 0.582. The maximum absolute atomic E-state index is 11.8. The predicted octanol–water partition coefficient (Wildman–Crippen LogP) is 3.11. The van der Waals surface area contributed by atoms with E-state index in [-0.39, 0.29) is 5.56 Å². The molecule has 0 aliphatic heterocycles. The first kappa shape index (κ1) is 15.9. The molecule has 0 saturated heterocycles. The Labute approximate surface area is 143 Å². The molecule has 3 heterocycles. The van der Waals surface area contributed by atoms with Crippen molar-refractivity contribution in [3.8, 4) is 0 Å². The minimum absolute atomic E-state index is 0.135. The largest absolute Gasteiger partial charge is 0.275 e. The fourth-order valence-corrected chi connectivity index (χ4v) is 5.52. The third-order valence-electron chi connectivity index (χ3n) is 2.55. The van der Waals surface area contributed by atoms with Crippen LogP contribution in [0.3, 0.4) is 0 Å². The van der Waals surface area contributed by atoms with Gasteiger partial charge in [0.05, 0.1) is 5.75 Å². The Hall–Kier alpha value is -0.970. The van der Waals surface area contributed by atoms with E-state index in [4.69, 9.17) is 0 Å². The monoisotopic (exact) mass is 371 g/mol. The molecule has 0 atom stereocenters. The highest BCUT2D eigenvalue weighted by Gasteiger charge is 2.10. The molecule has 0 amide bonds. The summed E-state index contributed by atoms with van der Waals surface area (Å²) in [6.07, 6.45) is 1.12. The van der Waals surface area contributed by atoms with E-state index in [0.717, 1.165) is 31.6 Å². The third kappa shape index (κ3) is 3.67. The van der Waals surface area contributed by atoms with Gasteiger partial charge in [-0.05, 0) is 13.3 Å². The van der Waals surface area contributed by atoms with Crippen LogP contribution in [0.2, 0.25) is 0 Å². The molecule has 10 heteroatoms. The molecule has 0 spiro atoms. The van der Waals surface area contributed by atoms with Crippen LogP contribution in [-0.4, -0.2) is 30.5 Å². The first-order valence-electron chi connectivity index (χ1n) is 6.61. The van der Waals surface area contributed by atoms with Crippen LogP contribution < -0.4 is 5.56 Å². The number of aromatic nitrogens is 5. The highest BCUT2D eigenvalue weighted by Crippen LogP contribution is 2.31. The van der Waals surface area contributed by atoms with Crippen molar-refractivity contribution < 1.29 is 0 Å². The van der Waals surface area contributed by atoms with Crippen molar-refractivity contribution in [2.45, 2.75) is 34.7 Å². The van der Waals surface area contributed by atoms with Crippen LogP contribution in [0.4, 0.5) is 0 Å². The summed E-state index contributed by atoms with van der Waals surface area (Å²) in [5.74, 6) is 1.73. The fraction of sp³-hybridized carbons (Fsp3) is 0.417. The smallest absolute Gasteiger partial charge is 0.267 e. The SMILES string of the molecule is CCCSc1nnc(SCc2nn3c(=O)cc(C)nc3s2)s1. The zero-order chi connectivity index (χ0) is 15.5. The maximum Gasteiger partial charge on any atom is 0.275 e. The van der Waals surface area contributed by atoms with Gasteiger partial charge in [0.2, 0.25) is 4.96 Å². The van der Waals surface area contributed by atoms with Gasteiger partial charge in [0, 0.05) is 17.5 Å². The van der Waals surface area contributed by atoms with Gasteiger partial charge in [-0.25, -0.2) is 4.98 Å². The molecule has 0 N–H and O–H groups in total. The average molecular weight is 372 g/mol.